The van der Waals surface area contributed by atoms with Crippen LogP contribution in [0, 0.1) is 23.3 Å². The Kier molecular flexibility index (Phi) is 6.87. The monoisotopic (exact) mass is 512 g/mol. The number of anilines is 2. The second kappa shape index (κ2) is 8.72. The third-order valence-corrected chi connectivity index (χ3v) is 4.11. The Morgan fingerprint density at radius 2 is 0.853 bits per heavy atom. The van der Waals surface area contributed by atoms with Crippen molar-refractivity contribution in [2.75, 3.05) is 10.6 Å². The van der Waals surface area contributed by atoms with Gasteiger partial charge in [-0.05, 0) is 24.3 Å². The van der Waals surface area contributed by atoms with Crippen molar-refractivity contribution in [3.05, 3.63) is 59.7 Å². The Labute approximate surface area is 180 Å². The zero-order valence-electron chi connectivity index (χ0n) is 15.8. The number of hydrogen-bond acceptors (Lipinski definition) is 2. The van der Waals surface area contributed by atoms with Crippen LogP contribution in [0.3, 0.4) is 0 Å². The van der Waals surface area contributed by atoms with Crippen molar-refractivity contribution in [2.45, 2.75) is 23.7 Å². The van der Waals surface area contributed by atoms with Gasteiger partial charge in [-0.15, -0.1) is 0 Å². The summed E-state index contributed by atoms with van der Waals surface area (Å²) in [5, 5.41) is 1.43. The summed E-state index contributed by atoms with van der Waals surface area (Å²) in [7, 11) is 0. The molecule has 2 N–H and O–H groups in total. The van der Waals surface area contributed by atoms with E-state index in [9.17, 15) is 62.3 Å². The summed E-state index contributed by atoms with van der Waals surface area (Å²) in [6.07, 6.45) is 0. The van der Waals surface area contributed by atoms with E-state index in [0.29, 0.717) is 22.8 Å². The van der Waals surface area contributed by atoms with E-state index in [2.05, 4.69) is 0 Å². The molecule has 0 radical (unpaired) electrons. The second-order valence-corrected chi connectivity index (χ2v) is 6.45. The highest BCUT2D eigenvalue weighted by Gasteiger charge is 2.84. The first-order chi connectivity index (χ1) is 15.4. The normalized spacial score (nSPS) is 12.9. The van der Waals surface area contributed by atoms with Gasteiger partial charge in [0, 0.05) is 12.1 Å². The molecule has 0 heterocycles. The van der Waals surface area contributed by atoms with Gasteiger partial charge in [0.05, 0.1) is 11.4 Å². The fourth-order valence-corrected chi connectivity index (χ4v) is 2.26. The Balaban J connectivity index is 2.36. The number of nitrogens with one attached hydrogen (secondary N) is 2. The Bertz CT molecular complexity index is 1030. The van der Waals surface area contributed by atoms with Crippen molar-refractivity contribution in [1.29, 1.82) is 0 Å². The molecule has 2 amide bonds. The minimum Gasteiger partial charge on any atom is -0.318 e. The average molecular weight is 512 g/mol. The molecule has 0 aliphatic rings. The molecular formula is C18H8F12N2O2. The first-order valence-corrected chi connectivity index (χ1v) is 8.40. The average Bonchev–Trinajstić information content (AvgIpc) is 2.71. The van der Waals surface area contributed by atoms with Crippen LogP contribution < -0.4 is 10.6 Å². The molecule has 0 saturated heterocycles. The van der Waals surface area contributed by atoms with Gasteiger partial charge in [0.1, 0.15) is 23.3 Å². The fraction of sp³-hybridized carbons (Fsp3) is 0.222. The number of amides is 2. The first-order valence-electron chi connectivity index (χ1n) is 8.40. The maximum Gasteiger partial charge on any atom is 0.393 e. The molecule has 0 fully saturated rings. The molecular weight excluding hydrogens is 504 g/mol. The molecule has 2 aromatic carbocycles. The van der Waals surface area contributed by atoms with E-state index >= 15 is 0 Å². The quantitative estimate of drug-likeness (QED) is 0.491. The molecule has 0 aromatic heterocycles. The molecule has 0 aliphatic carbocycles. The highest BCUT2D eigenvalue weighted by Crippen LogP contribution is 2.53. The van der Waals surface area contributed by atoms with Gasteiger partial charge in [-0.3, -0.25) is 9.59 Å². The zero-order valence-corrected chi connectivity index (χ0v) is 15.8. The molecule has 2 aromatic rings. The molecule has 0 saturated carbocycles. The Morgan fingerprint density at radius 1 is 0.559 bits per heavy atom. The first kappa shape index (κ1) is 26.8. The molecule has 0 unspecified atom stereocenters. The number of rotatable bonds is 7. The van der Waals surface area contributed by atoms with Crippen LogP contribution in [0.4, 0.5) is 64.1 Å². The van der Waals surface area contributed by atoms with Crippen molar-refractivity contribution in [1.82, 2.24) is 0 Å². The largest absolute Gasteiger partial charge is 0.393 e. The predicted octanol–water partition coefficient (Wildman–Crippen LogP) is 5.36. The molecule has 2 rings (SSSR count). The number of halogens is 12. The molecule has 0 aliphatic heterocycles. The van der Waals surface area contributed by atoms with Gasteiger partial charge in [-0.25, -0.2) is 17.6 Å². The molecule has 34 heavy (non-hydrogen) atoms. The van der Waals surface area contributed by atoms with Crippen molar-refractivity contribution in [3.63, 3.8) is 0 Å². The highest BCUT2D eigenvalue weighted by atomic mass is 19.4. The second-order valence-electron chi connectivity index (χ2n) is 6.45. The summed E-state index contributed by atoms with van der Waals surface area (Å²) >= 11 is 0. The van der Waals surface area contributed by atoms with E-state index in [1.54, 1.807) is 0 Å². The minimum absolute atomic E-state index is 0.0203. The van der Waals surface area contributed by atoms with E-state index in [4.69, 9.17) is 0 Å². The van der Waals surface area contributed by atoms with Gasteiger partial charge in [-0.2, -0.15) is 35.1 Å². The van der Waals surface area contributed by atoms with Crippen LogP contribution in [0.5, 0.6) is 0 Å². The van der Waals surface area contributed by atoms with Crippen LogP contribution >= 0.6 is 0 Å². The van der Waals surface area contributed by atoms with Gasteiger partial charge >= 0.3 is 35.5 Å². The summed E-state index contributed by atoms with van der Waals surface area (Å²) in [5.41, 5.74) is -2.80. The van der Waals surface area contributed by atoms with Crippen LogP contribution in [-0.4, -0.2) is 35.5 Å². The number of hydrogen-bond donors (Lipinski definition) is 2. The highest BCUT2D eigenvalue weighted by molar-refractivity contribution is 5.99. The topological polar surface area (TPSA) is 58.2 Å². The van der Waals surface area contributed by atoms with E-state index in [0.717, 1.165) is 0 Å². The third-order valence-electron chi connectivity index (χ3n) is 4.11. The maximum absolute atomic E-state index is 13.9. The molecule has 4 nitrogen and oxygen atoms in total. The van der Waals surface area contributed by atoms with E-state index in [1.807, 2.05) is 0 Å². The summed E-state index contributed by atoms with van der Waals surface area (Å²) in [6.45, 7) is 0. The Morgan fingerprint density at radius 3 is 1.12 bits per heavy atom. The molecule has 0 bridgehead atoms. The lowest BCUT2D eigenvalue weighted by Gasteiger charge is -2.35. The minimum atomic E-state index is -7.30. The van der Waals surface area contributed by atoms with Gasteiger partial charge < -0.3 is 10.6 Å². The summed E-state index contributed by atoms with van der Waals surface area (Å²) < 4.78 is 164. The van der Waals surface area contributed by atoms with Crippen LogP contribution in [0.25, 0.3) is 0 Å². The van der Waals surface area contributed by atoms with Crippen molar-refractivity contribution < 1.29 is 62.3 Å². The van der Waals surface area contributed by atoms with Gasteiger partial charge in [0.2, 0.25) is 0 Å². The fourth-order valence-electron chi connectivity index (χ4n) is 2.26. The number of carbonyl (C=O) groups is 2. The third kappa shape index (κ3) is 4.48. The number of carbonyl (C=O) groups excluding carboxylic acids is 2. The van der Waals surface area contributed by atoms with Crippen LogP contribution in [-0.2, 0) is 9.59 Å². The summed E-state index contributed by atoms with van der Waals surface area (Å²) in [5.74, 6) is -41.1. The summed E-state index contributed by atoms with van der Waals surface area (Å²) in [4.78, 5) is 22.9. The number of benzene rings is 2. The van der Waals surface area contributed by atoms with Crippen LogP contribution in [0.15, 0.2) is 36.4 Å². The maximum atomic E-state index is 13.9. The zero-order chi connectivity index (χ0) is 26.3. The van der Waals surface area contributed by atoms with Crippen molar-refractivity contribution >= 4 is 23.2 Å². The van der Waals surface area contributed by atoms with Crippen molar-refractivity contribution in [2.24, 2.45) is 0 Å². The Hall–Kier alpha value is -3.46. The standard InChI is InChI=1S/C18H8F12N2O2/c19-7-1-3-11(9(21)5-7)31-13(33)15(23,24)17(27,28)18(29,30)16(25,26)14(34)32-12-4-2-8(20)6-10(12)22/h1-6H,(H,31,33)(H,32,34). The van der Waals surface area contributed by atoms with Gasteiger partial charge in [-0.1, -0.05) is 0 Å². The lowest BCUT2D eigenvalue weighted by atomic mass is 9.97. The van der Waals surface area contributed by atoms with E-state index in [1.165, 1.54) is 0 Å². The van der Waals surface area contributed by atoms with Crippen molar-refractivity contribution in [3.8, 4) is 0 Å². The molecule has 186 valence electrons. The van der Waals surface area contributed by atoms with Crippen LogP contribution in [0.2, 0.25) is 0 Å². The van der Waals surface area contributed by atoms with Crippen LogP contribution in [0.1, 0.15) is 0 Å². The molecule has 16 heteroatoms. The van der Waals surface area contributed by atoms with Gasteiger partial charge in [0.25, 0.3) is 0 Å². The molecule has 0 spiro atoms. The van der Waals surface area contributed by atoms with Gasteiger partial charge in [0.15, 0.2) is 0 Å². The lowest BCUT2D eigenvalue weighted by molar-refractivity contribution is -0.345. The smallest absolute Gasteiger partial charge is 0.318 e. The lowest BCUT2D eigenvalue weighted by Crippen LogP contribution is -2.67. The van der Waals surface area contributed by atoms with E-state index < -0.39 is 70.1 Å². The number of alkyl halides is 8. The summed E-state index contributed by atoms with van der Waals surface area (Å²) in [6, 6.07) is 1.11. The molecule has 0 atom stereocenters. The predicted molar refractivity (Wildman–Crippen MR) is 89.8 cm³/mol. The van der Waals surface area contributed by atoms with E-state index in [-0.39, 0.29) is 24.3 Å². The SMILES string of the molecule is O=C(Nc1ccc(F)cc1F)C(F)(F)C(F)(F)C(F)(F)C(F)(F)C(=O)Nc1ccc(F)cc1F.